The van der Waals surface area contributed by atoms with Gasteiger partial charge in [0.05, 0.1) is 0 Å². The van der Waals surface area contributed by atoms with E-state index in [0.717, 1.165) is 0 Å². The third-order valence-electron chi connectivity index (χ3n) is 3.48. The Morgan fingerprint density at radius 3 is 2.52 bits per heavy atom. The second kappa shape index (κ2) is 7.40. The first-order valence-corrected chi connectivity index (χ1v) is 7.45. The van der Waals surface area contributed by atoms with Crippen LogP contribution in [0.5, 0.6) is 0 Å². The number of pyridine rings is 1. The van der Waals surface area contributed by atoms with Gasteiger partial charge in [-0.3, -0.25) is 14.4 Å². The van der Waals surface area contributed by atoms with E-state index >= 15 is 0 Å². The summed E-state index contributed by atoms with van der Waals surface area (Å²) in [6.07, 6.45) is 1.46. The number of anilines is 1. The lowest BCUT2D eigenvalue weighted by atomic mass is 10.1. The van der Waals surface area contributed by atoms with Crippen LogP contribution in [0.1, 0.15) is 34.6 Å². The number of nitrogens with one attached hydrogen (secondary N) is 2. The van der Waals surface area contributed by atoms with E-state index in [9.17, 15) is 14.4 Å². The van der Waals surface area contributed by atoms with Gasteiger partial charge in [-0.25, -0.2) is 0 Å². The molecule has 23 heavy (non-hydrogen) atoms. The van der Waals surface area contributed by atoms with Crippen molar-refractivity contribution in [2.24, 2.45) is 0 Å². The zero-order valence-electron chi connectivity index (χ0n) is 13.1. The summed E-state index contributed by atoms with van der Waals surface area (Å²) in [5.74, 6) is -0.608. The fourth-order valence-electron chi connectivity index (χ4n) is 2.22. The highest BCUT2D eigenvalue weighted by atomic mass is 16.2. The number of amides is 2. The molecule has 0 bridgehead atoms. The van der Waals surface area contributed by atoms with Crippen LogP contribution in [0.2, 0.25) is 0 Å². The van der Waals surface area contributed by atoms with Crippen molar-refractivity contribution in [1.29, 1.82) is 0 Å². The van der Waals surface area contributed by atoms with Gasteiger partial charge in [-0.2, -0.15) is 0 Å². The molecule has 120 valence electrons. The molecule has 2 N–H and O–H groups in total. The van der Waals surface area contributed by atoms with Crippen molar-refractivity contribution in [3.05, 3.63) is 64.1 Å². The molecule has 2 rings (SSSR count). The molecule has 2 amide bonds. The van der Waals surface area contributed by atoms with Crippen LogP contribution < -0.4 is 10.9 Å². The molecule has 6 heteroatoms. The second-order valence-corrected chi connectivity index (χ2v) is 4.93. The van der Waals surface area contributed by atoms with E-state index in [0.29, 0.717) is 24.3 Å². The first-order chi connectivity index (χ1) is 11.1. The Morgan fingerprint density at radius 2 is 1.87 bits per heavy atom. The molecule has 0 fully saturated rings. The summed E-state index contributed by atoms with van der Waals surface area (Å²) in [4.78, 5) is 40.2. The topological polar surface area (TPSA) is 82.3 Å². The van der Waals surface area contributed by atoms with Gasteiger partial charge in [-0.15, -0.1) is 0 Å². The number of benzene rings is 1. The van der Waals surface area contributed by atoms with Gasteiger partial charge in [0.1, 0.15) is 5.56 Å². The van der Waals surface area contributed by atoms with Crippen LogP contribution in [0, 0.1) is 0 Å². The van der Waals surface area contributed by atoms with Crippen LogP contribution in [-0.2, 0) is 0 Å². The summed E-state index contributed by atoms with van der Waals surface area (Å²) in [5.41, 5.74) is 0.526. The second-order valence-electron chi connectivity index (χ2n) is 4.93. The first-order valence-electron chi connectivity index (χ1n) is 7.45. The number of nitrogens with zero attached hydrogens (tertiary/aromatic N) is 1. The summed E-state index contributed by atoms with van der Waals surface area (Å²) in [7, 11) is 0. The molecule has 0 spiro atoms. The van der Waals surface area contributed by atoms with Crippen LogP contribution in [0.25, 0.3) is 0 Å². The Morgan fingerprint density at radius 1 is 1.13 bits per heavy atom. The summed E-state index contributed by atoms with van der Waals surface area (Å²) in [6.45, 7) is 5.06. The highest BCUT2D eigenvalue weighted by molar-refractivity contribution is 6.04. The number of carbonyl (C=O) groups excluding carboxylic acids is 2. The maximum atomic E-state index is 12.3. The lowest BCUT2D eigenvalue weighted by Gasteiger charge is -2.19. The summed E-state index contributed by atoms with van der Waals surface area (Å²) >= 11 is 0. The zero-order valence-corrected chi connectivity index (χ0v) is 13.1. The smallest absolute Gasteiger partial charge is 0.261 e. The van der Waals surface area contributed by atoms with Crippen LogP contribution >= 0.6 is 0 Å². The van der Waals surface area contributed by atoms with Gasteiger partial charge in [-0.1, -0.05) is 6.07 Å². The molecular formula is C17H19N3O3. The highest BCUT2D eigenvalue weighted by Crippen LogP contribution is 2.13. The van der Waals surface area contributed by atoms with E-state index in [1.807, 2.05) is 13.8 Å². The van der Waals surface area contributed by atoms with E-state index in [-0.39, 0.29) is 11.5 Å². The Labute approximate surface area is 134 Å². The highest BCUT2D eigenvalue weighted by Gasteiger charge is 2.14. The molecule has 0 radical (unpaired) electrons. The van der Waals surface area contributed by atoms with Gasteiger partial charge < -0.3 is 15.2 Å². The number of aromatic nitrogens is 1. The molecule has 1 aromatic heterocycles. The number of aromatic amines is 1. The van der Waals surface area contributed by atoms with Crippen molar-refractivity contribution in [2.45, 2.75) is 13.8 Å². The largest absolute Gasteiger partial charge is 0.339 e. The van der Waals surface area contributed by atoms with Gasteiger partial charge in [0.15, 0.2) is 0 Å². The molecule has 0 aliphatic carbocycles. The van der Waals surface area contributed by atoms with Crippen LogP contribution in [-0.4, -0.2) is 34.8 Å². The minimum atomic E-state index is -0.515. The quantitative estimate of drug-likeness (QED) is 0.887. The van der Waals surface area contributed by atoms with Crippen molar-refractivity contribution in [1.82, 2.24) is 9.88 Å². The Kier molecular flexibility index (Phi) is 5.30. The van der Waals surface area contributed by atoms with Gasteiger partial charge in [-0.05, 0) is 44.2 Å². The predicted molar refractivity (Wildman–Crippen MR) is 88.7 cm³/mol. The number of rotatable bonds is 5. The Bertz CT molecular complexity index is 763. The fraction of sp³-hybridized carbons (Fsp3) is 0.235. The molecule has 0 atom stereocenters. The number of hydrogen-bond donors (Lipinski definition) is 2. The maximum absolute atomic E-state index is 12.3. The molecule has 0 aliphatic heterocycles. The zero-order chi connectivity index (χ0) is 16.8. The average molecular weight is 313 g/mol. The standard InChI is InChI=1S/C17H19N3O3/c1-3-20(4-2)17(23)12-7-5-8-13(11-12)19-16(22)14-9-6-10-18-15(14)21/h5-11H,3-4H2,1-2H3,(H,18,21)(H,19,22). The summed E-state index contributed by atoms with van der Waals surface area (Å²) in [6, 6.07) is 9.70. The van der Waals surface area contributed by atoms with Gasteiger partial charge in [0.25, 0.3) is 17.4 Å². The lowest BCUT2D eigenvalue weighted by molar-refractivity contribution is 0.0772. The van der Waals surface area contributed by atoms with E-state index < -0.39 is 11.5 Å². The van der Waals surface area contributed by atoms with Crippen molar-refractivity contribution in [3.8, 4) is 0 Å². The number of H-pyrrole nitrogens is 1. The molecule has 1 heterocycles. The number of carbonyl (C=O) groups is 2. The fourth-order valence-corrected chi connectivity index (χ4v) is 2.22. The first kappa shape index (κ1) is 16.5. The van der Waals surface area contributed by atoms with Crippen LogP contribution in [0.3, 0.4) is 0 Å². The molecule has 2 aromatic rings. The van der Waals surface area contributed by atoms with Gasteiger partial charge in [0.2, 0.25) is 0 Å². The van der Waals surface area contributed by atoms with Gasteiger partial charge in [0, 0.05) is 30.5 Å². The third-order valence-corrected chi connectivity index (χ3v) is 3.48. The molecular weight excluding hydrogens is 294 g/mol. The van der Waals surface area contributed by atoms with Crippen molar-refractivity contribution >= 4 is 17.5 Å². The maximum Gasteiger partial charge on any atom is 0.261 e. The van der Waals surface area contributed by atoms with Crippen molar-refractivity contribution < 1.29 is 9.59 Å². The van der Waals surface area contributed by atoms with E-state index in [2.05, 4.69) is 10.3 Å². The summed E-state index contributed by atoms with van der Waals surface area (Å²) < 4.78 is 0. The molecule has 6 nitrogen and oxygen atoms in total. The van der Waals surface area contributed by atoms with E-state index in [1.54, 1.807) is 35.2 Å². The average Bonchev–Trinajstić information content (AvgIpc) is 2.56. The molecule has 0 saturated carbocycles. The Hall–Kier alpha value is -2.89. The molecule has 0 saturated heterocycles. The minimum absolute atomic E-state index is 0.0213. The Balaban J connectivity index is 2.21. The van der Waals surface area contributed by atoms with Crippen LogP contribution in [0.4, 0.5) is 5.69 Å². The molecule has 0 unspecified atom stereocenters. The van der Waals surface area contributed by atoms with Crippen molar-refractivity contribution in [2.75, 3.05) is 18.4 Å². The number of hydrogen-bond acceptors (Lipinski definition) is 3. The minimum Gasteiger partial charge on any atom is -0.339 e. The monoisotopic (exact) mass is 313 g/mol. The molecule has 0 aliphatic rings. The SMILES string of the molecule is CCN(CC)C(=O)c1cccc(NC(=O)c2ccc[nH]c2=O)c1. The van der Waals surface area contributed by atoms with E-state index in [1.165, 1.54) is 12.3 Å². The predicted octanol–water partition coefficient (Wildman–Crippen LogP) is 2.11. The summed E-state index contributed by atoms with van der Waals surface area (Å²) in [5, 5.41) is 2.64. The lowest BCUT2D eigenvalue weighted by Crippen LogP contribution is -2.30. The molecule has 1 aromatic carbocycles. The third kappa shape index (κ3) is 3.85. The van der Waals surface area contributed by atoms with E-state index in [4.69, 9.17) is 0 Å². The van der Waals surface area contributed by atoms with Gasteiger partial charge >= 0.3 is 0 Å². The normalized spacial score (nSPS) is 10.2. The van der Waals surface area contributed by atoms with Crippen LogP contribution in [0.15, 0.2) is 47.4 Å². The van der Waals surface area contributed by atoms with Crippen molar-refractivity contribution in [3.63, 3.8) is 0 Å².